The van der Waals surface area contributed by atoms with E-state index in [1.807, 2.05) is 0 Å². The topological polar surface area (TPSA) is 98.6 Å². The summed E-state index contributed by atoms with van der Waals surface area (Å²) in [7, 11) is 0. The molecule has 0 atom stereocenters. The van der Waals surface area contributed by atoms with Crippen molar-refractivity contribution in [3.05, 3.63) is 36.2 Å². The maximum absolute atomic E-state index is 11.5. The number of nitrogens with zero attached hydrogens (tertiary/aromatic N) is 1. The molecule has 0 aliphatic heterocycles. The van der Waals surface area contributed by atoms with Crippen molar-refractivity contribution in [3.63, 3.8) is 0 Å². The van der Waals surface area contributed by atoms with E-state index in [1.165, 1.54) is 30.5 Å². The largest absolute Gasteiger partial charge is 0.508 e. The highest BCUT2D eigenvalue weighted by molar-refractivity contribution is 5.92. The van der Waals surface area contributed by atoms with Gasteiger partial charge in [0, 0.05) is 0 Å². The molecule has 0 fully saturated rings. The number of carbonyl (C=O) groups is 1. The summed E-state index contributed by atoms with van der Waals surface area (Å²) in [6.07, 6.45) is 1.22. The Labute approximate surface area is 90.2 Å². The molecule has 2 aromatic rings. The van der Waals surface area contributed by atoms with Crippen molar-refractivity contribution in [2.75, 3.05) is 5.73 Å². The van der Waals surface area contributed by atoms with Gasteiger partial charge in [-0.3, -0.25) is 0 Å². The van der Waals surface area contributed by atoms with Gasteiger partial charge in [0.1, 0.15) is 17.2 Å². The maximum Gasteiger partial charge on any atom is 0.384 e. The third kappa shape index (κ3) is 1.95. The quantitative estimate of drug-likeness (QED) is 0.582. The Morgan fingerprint density at radius 1 is 1.38 bits per heavy atom. The Balaban J connectivity index is 2.14. The lowest BCUT2D eigenvalue weighted by Crippen LogP contribution is -2.09. The molecular weight excluding hydrogens is 212 g/mol. The van der Waals surface area contributed by atoms with E-state index >= 15 is 0 Å². The number of nitrogen functional groups attached to an aromatic ring is 1. The highest BCUT2D eigenvalue weighted by Gasteiger charge is 2.17. The minimum atomic E-state index is -0.735. The summed E-state index contributed by atoms with van der Waals surface area (Å²) < 4.78 is 9.55. The second kappa shape index (κ2) is 3.93. The number of carbonyl (C=O) groups excluding carboxylic acids is 1. The maximum atomic E-state index is 11.5. The van der Waals surface area contributed by atoms with Crippen molar-refractivity contribution < 1.29 is 19.2 Å². The highest BCUT2D eigenvalue weighted by Crippen LogP contribution is 2.18. The summed E-state index contributed by atoms with van der Waals surface area (Å²) in [4.78, 5) is 11.5. The van der Waals surface area contributed by atoms with E-state index in [9.17, 15) is 4.79 Å². The number of phenols is 1. The zero-order valence-electron chi connectivity index (χ0n) is 8.08. The number of esters is 1. The number of hydrogen-bond donors (Lipinski definition) is 2. The van der Waals surface area contributed by atoms with Crippen LogP contribution in [0.4, 0.5) is 5.69 Å². The lowest BCUT2D eigenvalue weighted by Gasteiger charge is -2.01. The second-order valence-electron chi connectivity index (χ2n) is 2.99. The fourth-order valence-electron chi connectivity index (χ4n) is 1.07. The molecule has 1 heterocycles. The Morgan fingerprint density at radius 3 is 2.62 bits per heavy atom. The first-order valence-corrected chi connectivity index (χ1v) is 4.38. The zero-order valence-corrected chi connectivity index (χ0v) is 8.08. The van der Waals surface area contributed by atoms with Crippen LogP contribution in [0.2, 0.25) is 0 Å². The molecule has 3 N–H and O–H groups in total. The van der Waals surface area contributed by atoms with Crippen LogP contribution in [0.15, 0.2) is 35.0 Å². The van der Waals surface area contributed by atoms with E-state index < -0.39 is 5.97 Å². The van der Waals surface area contributed by atoms with Gasteiger partial charge < -0.3 is 20.1 Å². The molecule has 0 unspecified atom stereocenters. The highest BCUT2D eigenvalue weighted by atomic mass is 16.6. The van der Waals surface area contributed by atoms with Crippen LogP contribution in [-0.4, -0.2) is 16.2 Å². The molecule has 1 aromatic carbocycles. The van der Waals surface area contributed by atoms with Crippen LogP contribution in [0.5, 0.6) is 11.5 Å². The van der Waals surface area contributed by atoms with Gasteiger partial charge in [-0.05, 0) is 24.3 Å². The lowest BCUT2D eigenvalue weighted by atomic mass is 10.3. The van der Waals surface area contributed by atoms with Crippen molar-refractivity contribution in [3.8, 4) is 11.5 Å². The minimum absolute atomic E-state index is 0.0824. The lowest BCUT2D eigenvalue weighted by molar-refractivity contribution is 0.0692. The number of phenolic OH excluding ortho intramolecular Hbond substituents is 1. The predicted molar refractivity (Wildman–Crippen MR) is 54.0 cm³/mol. The fourth-order valence-corrected chi connectivity index (χ4v) is 1.07. The molecule has 6 nitrogen and oxygen atoms in total. The smallest absolute Gasteiger partial charge is 0.384 e. The fraction of sp³-hybridized carbons (Fsp3) is 0. The Kier molecular flexibility index (Phi) is 2.47. The molecule has 0 aliphatic rings. The van der Waals surface area contributed by atoms with E-state index in [0.717, 1.165) is 0 Å². The Bertz CT molecular complexity index is 504. The molecular formula is C10H8N2O4. The SMILES string of the molecule is Nc1cnoc1C(=O)Oc1ccc(O)cc1. The van der Waals surface area contributed by atoms with Crippen molar-refractivity contribution in [1.82, 2.24) is 5.16 Å². The standard InChI is InChI=1S/C10H8N2O4/c11-8-5-12-16-9(8)10(14)15-7-3-1-6(13)2-4-7/h1-5,13H,11H2. The molecule has 0 saturated carbocycles. The van der Waals surface area contributed by atoms with Gasteiger partial charge in [-0.25, -0.2) is 4.79 Å². The molecule has 0 aliphatic carbocycles. The third-order valence-electron chi connectivity index (χ3n) is 1.83. The average molecular weight is 220 g/mol. The minimum Gasteiger partial charge on any atom is -0.508 e. The monoisotopic (exact) mass is 220 g/mol. The van der Waals surface area contributed by atoms with Gasteiger partial charge in [0.2, 0.25) is 0 Å². The zero-order chi connectivity index (χ0) is 11.5. The molecule has 0 saturated heterocycles. The number of rotatable bonds is 2. The summed E-state index contributed by atoms with van der Waals surface area (Å²) in [5, 5.41) is 12.4. The number of aromatic hydroxyl groups is 1. The van der Waals surface area contributed by atoms with E-state index in [1.54, 1.807) is 0 Å². The molecule has 82 valence electrons. The van der Waals surface area contributed by atoms with E-state index in [2.05, 4.69) is 9.68 Å². The van der Waals surface area contributed by atoms with Gasteiger partial charge in [0.15, 0.2) is 0 Å². The first-order valence-electron chi connectivity index (χ1n) is 4.38. The number of aromatic nitrogens is 1. The van der Waals surface area contributed by atoms with Crippen molar-refractivity contribution in [1.29, 1.82) is 0 Å². The molecule has 0 bridgehead atoms. The molecule has 0 spiro atoms. The van der Waals surface area contributed by atoms with Crippen LogP contribution in [0.3, 0.4) is 0 Å². The molecule has 16 heavy (non-hydrogen) atoms. The molecule has 2 rings (SSSR count). The van der Waals surface area contributed by atoms with Crippen LogP contribution in [-0.2, 0) is 0 Å². The number of anilines is 1. The van der Waals surface area contributed by atoms with Crippen molar-refractivity contribution in [2.45, 2.75) is 0 Å². The first kappa shape index (κ1) is 10.0. The van der Waals surface area contributed by atoms with Crippen molar-refractivity contribution in [2.24, 2.45) is 0 Å². The number of hydrogen-bond acceptors (Lipinski definition) is 6. The van der Waals surface area contributed by atoms with E-state index in [4.69, 9.17) is 15.6 Å². The van der Waals surface area contributed by atoms with Crippen molar-refractivity contribution >= 4 is 11.7 Å². The Hall–Kier alpha value is -2.50. The van der Waals surface area contributed by atoms with Crippen LogP contribution in [0, 0.1) is 0 Å². The second-order valence-corrected chi connectivity index (χ2v) is 2.99. The van der Waals surface area contributed by atoms with E-state index in [0.29, 0.717) is 0 Å². The summed E-state index contributed by atoms with van der Waals surface area (Å²) in [6.45, 7) is 0. The summed E-state index contributed by atoms with van der Waals surface area (Å²) in [5.41, 5.74) is 5.54. The number of benzene rings is 1. The third-order valence-corrected chi connectivity index (χ3v) is 1.83. The van der Waals surface area contributed by atoms with Crippen LogP contribution < -0.4 is 10.5 Å². The van der Waals surface area contributed by atoms with Crippen LogP contribution in [0.1, 0.15) is 10.6 Å². The summed E-state index contributed by atoms with van der Waals surface area (Å²) in [6, 6.07) is 5.68. The molecule has 6 heteroatoms. The number of ether oxygens (including phenoxy) is 1. The van der Waals surface area contributed by atoms with Gasteiger partial charge in [-0.2, -0.15) is 0 Å². The van der Waals surface area contributed by atoms with Gasteiger partial charge in [-0.15, -0.1) is 0 Å². The van der Waals surface area contributed by atoms with Gasteiger partial charge in [-0.1, -0.05) is 5.16 Å². The molecule has 0 radical (unpaired) electrons. The first-order chi connectivity index (χ1) is 7.66. The van der Waals surface area contributed by atoms with Gasteiger partial charge in [0.25, 0.3) is 5.76 Å². The normalized spacial score (nSPS) is 10.0. The summed E-state index contributed by atoms with van der Waals surface area (Å²) in [5.74, 6) is -0.522. The predicted octanol–water partition coefficient (Wildman–Crippen LogP) is 1.18. The van der Waals surface area contributed by atoms with Crippen LogP contribution in [0.25, 0.3) is 0 Å². The molecule has 0 amide bonds. The van der Waals surface area contributed by atoms with Gasteiger partial charge in [0.05, 0.1) is 6.20 Å². The average Bonchev–Trinajstić information content (AvgIpc) is 2.68. The number of nitrogens with two attached hydrogens (primary N) is 1. The molecule has 1 aromatic heterocycles. The summed E-state index contributed by atoms with van der Waals surface area (Å²) >= 11 is 0. The van der Waals surface area contributed by atoms with E-state index in [-0.39, 0.29) is 22.9 Å². The van der Waals surface area contributed by atoms with Gasteiger partial charge >= 0.3 is 5.97 Å². The Morgan fingerprint density at radius 2 is 2.06 bits per heavy atom. The van der Waals surface area contributed by atoms with Crippen LogP contribution >= 0.6 is 0 Å².